The van der Waals surface area contributed by atoms with Gasteiger partial charge in [0, 0.05) is 18.6 Å². The molecular weight excluding hydrogens is 222 g/mol. The maximum atomic E-state index is 3.96. The number of nitrogens with one attached hydrogen (secondary N) is 1. The minimum absolute atomic E-state index is 0.749. The summed E-state index contributed by atoms with van der Waals surface area (Å²) in [6.07, 6.45) is 5.40. The van der Waals surface area contributed by atoms with E-state index in [0.29, 0.717) is 0 Å². The van der Waals surface area contributed by atoms with E-state index in [4.69, 9.17) is 0 Å². The monoisotopic (exact) mass is 253 g/mol. The zero-order valence-electron chi connectivity index (χ0n) is 12.5. The van der Waals surface area contributed by atoms with Gasteiger partial charge in [-0.3, -0.25) is 0 Å². The van der Waals surface area contributed by atoms with Gasteiger partial charge in [-0.05, 0) is 64.8 Å². The van der Waals surface area contributed by atoms with Crippen LogP contribution in [0.4, 0.5) is 0 Å². The molecule has 3 nitrogen and oxygen atoms in total. The van der Waals surface area contributed by atoms with E-state index in [1.165, 1.54) is 58.4 Å². The van der Waals surface area contributed by atoms with Crippen molar-refractivity contribution in [2.45, 2.75) is 51.6 Å². The Kier molecular flexibility index (Phi) is 5.46. The summed E-state index contributed by atoms with van der Waals surface area (Å²) in [4.78, 5) is 5.06. The standard InChI is InChI=1S/C15H31N3/c1-4-18-9-5-6-14(7-11-18)16-15-8-10-17(3)12-13(15)2/h13-16H,4-12H2,1-3H3. The topological polar surface area (TPSA) is 18.5 Å². The summed E-state index contributed by atoms with van der Waals surface area (Å²) in [6, 6.07) is 1.51. The molecule has 0 saturated carbocycles. The van der Waals surface area contributed by atoms with Crippen LogP contribution in [-0.2, 0) is 0 Å². The summed E-state index contributed by atoms with van der Waals surface area (Å²) in [5, 5.41) is 3.96. The van der Waals surface area contributed by atoms with Gasteiger partial charge in [0.05, 0.1) is 0 Å². The minimum Gasteiger partial charge on any atom is -0.311 e. The first kappa shape index (κ1) is 14.3. The number of nitrogens with zero attached hydrogens (tertiary/aromatic N) is 2. The van der Waals surface area contributed by atoms with Gasteiger partial charge >= 0.3 is 0 Å². The molecule has 3 heteroatoms. The molecule has 0 spiro atoms. The van der Waals surface area contributed by atoms with Gasteiger partial charge in [0.15, 0.2) is 0 Å². The Morgan fingerprint density at radius 2 is 1.94 bits per heavy atom. The van der Waals surface area contributed by atoms with Crippen LogP contribution >= 0.6 is 0 Å². The van der Waals surface area contributed by atoms with Gasteiger partial charge in [0.25, 0.3) is 0 Å². The highest BCUT2D eigenvalue weighted by Crippen LogP contribution is 2.19. The van der Waals surface area contributed by atoms with Gasteiger partial charge in [0.2, 0.25) is 0 Å². The Balaban J connectivity index is 1.78. The fourth-order valence-electron chi connectivity index (χ4n) is 3.54. The third-order valence-corrected chi connectivity index (χ3v) is 4.83. The number of piperidine rings is 1. The van der Waals surface area contributed by atoms with Crippen LogP contribution in [0.25, 0.3) is 0 Å². The van der Waals surface area contributed by atoms with Crippen LogP contribution in [0.15, 0.2) is 0 Å². The highest BCUT2D eigenvalue weighted by atomic mass is 15.1. The van der Waals surface area contributed by atoms with E-state index in [0.717, 1.165) is 18.0 Å². The van der Waals surface area contributed by atoms with E-state index >= 15 is 0 Å². The first-order valence-electron chi connectivity index (χ1n) is 7.86. The molecule has 0 radical (unpaired) electrons. The molecule has 2 aliphatic heterocycles. The highest BCUT2D eigenvalue weighted by Gasteiger charge is 2.26. The molecule has 0 aliphatic carbocycles. The van der Waals surface area contributed by atoms with E-state index in [1.807, 2.05) is 0 Å². The third-order valence-electron chi connectivity index (χ3n) is 4.83. The predicted octanol–water partition coefficient (Wildman–Crippen LogP) is 1.79. The van der Waals surface area contributed by atoms with Crippen LogP contribution in [0.5, 0.6) is 0 Å². The maximum Gasteiger partial charge on any atom is 0.0120 e. The Labute approximate surface area is 113 Å². The van der Waals surface area contributed by atoms with Crippen LogP contribution in [0.1, 0.15) is 39.5 Å². The minimum atomic E-state index is 0.749. The molecule has 0 amide bonds. The van der Waals surface area contributed by atoms with E-state index in [2.05, 4.69) is 36.0 Å². The molecule has 106 valence electrons. The molecule has 0 bridgehead atoms. The van der Waals surface area contributed by atoms with Crippen molar-refractivity contribution >= 4 is 0 Å². The molecule has 3 atom stereocenters. The predicted molar refractivity (Wildman–Crippen MR) is 78.0 cm³/mol. The zero-order valence-corrected chi connectivity index (χ0v) is 12.5. The van der Waals surface area contributed by atoms with Crippen molar-refractivity contribution < 1.29 is 0 Å². The van der Waals surface area contributed by atoms with Crippen molar-refractivity contribution in [3.63, 3.8) is 0 Å². The van der Waals surface area contributed by atoms with Crippen molar-refractivity contribution in [2.75, 3.05) is 39.8 Å². The van der Waals surface area contributed by atoms with E-state index < -0.39 is 0 Å². The van der Waals surface area contributed by atoms with Crippen LogP contribution in [0.2, 0.25) is 0 Å². The normalized spacial score (nSPS) is 36.5. The summed E-state index contributed by atoms with van der Waals surface area (Å²) in [5.74, 6) is 0.800. The zero-order chi connectivity index (χ0) is 13.0. The molecule has 0 aromatic heterocycles. The largest absolute Gasteiger partial charge is 0.311 e. The van der Waals surface area contributed by atoms with Crippen LogP contribution in [0.3, 0.4) is 0 Å². The number of rotatable bonds is 3. The van der Waals surface area contributed by atoms with Crippen molar-refractivity contribution in [1.29, 1.82) is 0 Å². The number of hydrogen-bond acceptors (Lipinski definition) is 3. The Morgan fingerprint density at radius 1 is 1.11 bits per heavy atom. The smallest absolute Gasteiger partial charge is 0.0120 e. The average molecular weight is 253 g/mol. The second-order valence-electron chi connectivity index (χ2n) is 6.36. The Morgan fingerprint density at radius 3 is 2.67 bits per heavy atom. The molecule has 0 aromatic rings. The van der Waals surface area contributed by atoms with Crippen molar-refractivity contribution in [3.8, 4) is 0 Å². The molecule has 2 aliphatic rings. The second-order valence-corrected chi connectivity index (χ2v) is 6.36. The quantitative estimate of drug-likeness (QED) is 0.827. The average Bonchev–Trinajstić information content (AvgIpc) is 2.58. The van der Waals surface area contributed by atoms with Crippen LogP contribution in [0, 0.1) is 5.92 Å². The molecule has 2 heterocycles. The summed E-state index contributed by atoms with van der Waals surface area (Å²) in [6.45, 7) is 11.0. The third kappa shape index (κ3) is 3.94. The number of hydrogen-bond donors (Lipinski definition) is 1. The lowest BCUT2D eigenvalue weighted by atomic mass is 9.92. The maximum absolute atomic E-state index is 3.96. The van der Waals surface area contributed by atoms with Crippen LogP contribution < -0.4 is 5.32 Å². The molecule has 0 aromatic carbocycles. The summed E-state index contributed by atoms with van der Waals surface area (Å²) >= 11 is 0. The Bertz CT molecular complexity index is 244. The first-order chi connectivity index (χ1) is 8.69. The molecule has 3 unspecified atom stereocenters. The number of likely N-dealkylation sites (tertiary alicyclic amines) is 2. The van der Waals surface area contributed by atoms with Gasteiger partial charge in [0.1, 0.15) is 0 Å². The second kappa shape index (κ2) is 6.88. The lowest BCUT2D eigenvalue weighted by molar-refractivity contribution is 0.163. The summed E-state index contributed by atoms with van der Waals surface area (Å²) in [5.41, 5.74) is 0. The SMILES string of the molecule is CCN1CCCC(NC2CCN(C)CC2C)CC1. The molecule has 2 saturated heterocycles. The molecular formula is C15H31N3. The summed E-state index contributed by atoms with van der Waals surface area (Å²) < 4.78 is 0. The molecule has 18 heavy (non-hydrogen) atoms. The van der Waals surface area contributed by atoms with Crippen molar-refractivity contribution in [2.24, 2.45) is 5.92 Å². The van der Waals surface area contributed by atoms with Gasteiger partial charge in [-0.1, -0.05) is 13.8 Å². The van der Waals surface area contributed by atoms with Crippen molar-refractivity contribution in [1.82, 2.24) is 15.1 Å². The van der Waals surface area contributed by atoms with Gasteiger partial charge in [-0.15, -0.1) is 0 Å². The van der Waals surface area contributed by atoms with E-state index in [1.54, 1.807) is 0 Å². The highest BCUT2D eigenvalue weighted by molar-refractivity contribution is 4.85. The fraction of sp³-hybridized carbons (Fsp3) is 1.00. The lowest BCUT2D eigenvalue weighted by Crippen LogP contribution is -2.50. The van der Waals surface area contributed by atoms with Gasteiger partial charge in [-0.2, -0.15) is 0 Å². The van der Waals surface area contributed by atoms with Crippen LogP contribution in [-0.4, -0.2) is 61.7 Å². The van der Waals surface area contributed by atoms with Gasteiger partial charge < -0.3 is 15.1 Å². The van der Waals surface area contributed by atoms with Crippen molar-refractivity contribution in [3.05, 3.63) is 0 Å². The molecule has 1 N–H and O–H groups in total. The lowest BCUT2D eigenvalue weighted by Gasteiger charge is -2.37. The Hall–Kier alpha value is -0.120. The fourth-order valence-corrected chi connectivity index (χ4v) is 3.54. The van der Waals surface area contributed by atoms with E-state index in [9.17, 15) is 0 Å². The van der Waals surface area contributed by atoms with E-state index in [-0.39, 0.29) is 0 Å². The molecule has 2 rings (SSSR count). The molecule has 2 fully saturated rings. The first-order valence-corrected chi connectivity index (χ1v) is 7.86. The van der Waals surface area contributed by atoms with Gasteiger partial charge in [-0.25, -0.2) is 0 Å². The summed E-state index contributed by atoms with van der Waals surface area (Å²) in [7, 11) is 2.25.